The summed E-state index contributed by atoms with van der Waals surface area (Å²) < 4.78 is 4.96. The van der Waals surface area contributed by atoms with Crippen molar-refractivity contribution in [3.63, 3.8) is 0 Å². The lowest BCUT2D eigenvalue weighted by molar-refractivity contribution is 1.18. The normalized spacial score (nSPS) is 12.2. The highest BCUT2D eigenvalue weighted by Gasteiger charge is 2.46. The van der Waals surface area contributed by atoms with Crippen LogP contribution in [-0.2, 0) is 0 Å². The predicted molar refractivity (Wildman–Crippen MR) is 504 cm³/mol. The zero-order chi connectivity index (χ0) is 78.4. The average Bonchev–Trinajstić information content (AvgIpc) is 1.30. The molecule has 0 spiro atoms. The Balaban J connectivity index is 0.876. The van der Waals surface area contributed by atoms with Crippen LogP contribution in [-0.4, -0.2) is 15.8 Å². The molecular weight excluding hydrogens is 1440 g/mol. The molecule has 2 aromatic heterocycles. The monoisotopic (exact) mass is 1510 g/mol. The molecule has 0 radical (unpaired) electrons. The molecule has 19 aromatic carbocycles. The number of hydrogen-bond donors (Lipinski definition) is 0. The highest BCUT2D eigenvalue weighted by molar-refractivity contribution is 7.00. The summed E-state index contributed by atoms with van der Waals surface area (Å²) in [5.41, 5.74) is 39.4. The molecule has 0 saturated carbocycles. The first-order valence-corrected chi connectivity index (χ1v) is 41.1. The number of hydrogen-bond acceptors (Lipinski definition) is 2. The van der Waals surface area contributed by atoms with E-state index in [1.54, 1.807) is 0 Å². The third-order valence-corrected chi connectivity index (χ3v) is 24.7. The SMILES string of the molecule is c1ccc(-c2ccc(-c3cc4c5c(c3)N(c3c(-c6ccccc6)cc(-c6cccc7c8ccccc8n(-c8ccccc8)c67)cc3-c3ccccc3)c3ccc(-c6ccccc6)cc3B5c3cc(-c5ccccc5)ccc3N4c3c(-c4ccccc4)cc(-c4cccc5c6ccccc6n(-c6ccccc6)c45)cc3-c3ccccc3)cc2)cc1. The van der Waals surface area contributed by atoms with Gasteiger partial charge in [-0.3, -0.25) is 0 Å². The van der Waals surface area contributed by atoms with Crippen LogP contribution in [0.1, 0.15) is 0 Å². The Bertz CT molecular complexity index is 6950. The summed E-state index contributed by atoms with van der Waals surface area (Å²) in [4.78, 5) is 5.40. The Kier molecular flexibility index (Phi) is 16.7. The molecule has 0 bridgehead atoms. The van der Waals surface area contributed by atoms with Crippen LogP contribution in [0.4, 0.5) is 34.1 Å². The molecule has 0 N–H and O–H groups in total. The molecule has 4 heterocycles. The predicted octanol–water partition coefficient (Wildman–Crippen LogP) is 28.6. The Morgan fingerprint density at radius 3 is 0.798 bits per heavy atom. The molecule has 0 atom stereocenters. The van der Waals surface area contributed by atoms with E-state index in [9.17, 15) is 0 Å². The van der Waals surface area contributed by atoms with Crippen molar-refractivity contribution in [2.24, 2.45) is 0 Å². The summed E-state index contributed by atoms with van der Waals surface area (Å²) >= 11 is 0. The zero-order valence-corrected chi connectivity index (χ0v) is 65.2. The van der Waals surface area contributed by atoms with E-state index in [1.165, 1.54) is 43.5 Å². The van der Waals surface area contributed by atoms with Crippen LogP contribution in [0.25, 0.3) is 166 Å². The van der Waals surface area contributed by atoms with Gasteiger partial charge in [-0.1, -0.05) is 370 Å². The van der Waals surface area contributed by atoms with Gasteiger partial charge in [0, 0.05) is 89.0 Å². The van der Waals surface area contributed by atoms with Gasteiger partial charge in [-0.2, -0.15) is 0 Å². The molecular formula is C114H75BN4. The van der Waals surface area contributed by atoms with Gasteiger partial charge >= 0.3 is 0 Å². The summed E-state index contributed by atoms with van der Waals surface area (Å²) in [7, 11) is 0. The van der Waals surface area contributed by atoms with Gasteiger partial charge < -0.3 is 18.9 Å². The third-order valence-electron chi connectivity index (χ3n) is 24.7. The summed E-state index contributed by atoms with van der Waals surface area (Å²) in [5, 5.41) is 4.81. The number of benzene rings is 19. The van der Waals surface area contributed by atoms with E-state index in [1.807, 2.05) is 0 Å². The van der Waals surface area contributed by atoms with Gasteiger partial charge in [0.15, 0.2) is 0 Å². The van der Waals surface area contributed by atoms with Crippen LogP contribution in [0, 0.1) is 0 Å². The third kappa shape index (κ3) is 11.6. The molecule has 0 saturated heterocycles. The van der Waals surface area contributed by atoms with Gasteiger partial charge in [0.2, 0.25) is 0 Å². The quantitative estimate of drug-likeness (QED) is 0.101. The minimum atomic E-state index is -0.311. The molecule has 5 heteroatoms. The molecule has 0 aliphatic carbocycles. The minimum absolute atomic E-state index is 0.311. The number of para-hydroxylation sites is 6. The summed E-state index contributed by atoms with van der Waals surface area (Å²) in [5.74, 6) is 0. The molecule has 119 heavy (non-hydrogen) atoms. The van der Waals surface area contributed by atoms with Gasteiger partial charge in [-0.15, -0.1) is 0 Å². The van der Waals surface area contributed by atoms with E-state index in [4.69, 9.17) is 0 Å². The summed E-state index contributed by atoms with van der Waals surface area (Å²) in [6.45, 7) is -0.311. The van der Waals surface area contributed by atoms with Gasteiger partial charge in [-0.05, 0) is 179 Å². The Hall–Kier alpha value is -15.6. The highest BCUT2D eigenvalue weighted by Crippen LogP contribution is 2.57. The van der Waals surface area contributed by atoms with Crippen molar-refractivity contribution in [3.05, 3.63) is 455 Å². The van der Waals surface area contributed by atoms with Crippen LogP contribution in [0.5, 0.6) is 0 Å². The summed E-state index contributed by atoms with van der Waals surface area (Å²) in [6, 6.07) is 170. The van der Waals surface area contributed by atoms with E-state index in [-0.39, 0.29) is 6.71 Å². The lowest BCUT2D eigenvalue weighted by atomic mass is 9.33. The van der Waals surface area contributed by atoms with Gasteiger partial charge in [0.25, 0.3) is 6.71 Å². The average molecular weight is 1510 g/mol. The van der Waals surface area contributed by atoms with Crippen LogP contribution >= 0.6 is 0 Å². The standard InChI is InChI=1S/C114H75BN4/c1-10-34-76(35-11-1)79-60-62-80(63-61-79)87-74-108-110-109(75-87)119(114-100(83-44-20-6-21-45-83)70-89(71-101(114)84-46-22-7-23-47-84)93-55-33-57-97-95-53-29-31-59-105(95)117(112(93)97)91-50-26-9-27-51-91)107-67-65-86(78-38-14-3-15-39-78)73-103(107)115(110)102-72-85(77-36-12-2-13-37-77)64-66-106(102)118(108)113-98(81-40-16-4-17-41-81)68-88(69-99(113)82-42-18-5-19-43-82)92-54-32-56-96-94-52-28-30-58-104(94)116(111(92)96)90-48-24-8-25-49-90/h1-75H. The topological polar surface area (TPSA) is 16.3 Å². The second-order valence-electron chi connectivity index (χ2n) is 31.3. The lowest BCUT2D eigenvalue weighted by Crippen LogP contribution is -2.61. The van der Waals surface area contributed by atoms with Gasteiger partial charge in [0.1, 0.15) is 0 Å². The number of fused-ring (bicyclic) bond motifs is 10. The first-order chi connectivity index (χ1) is 59.1. The number of aromatic nitrogens is 2. The highest BCUT2D eigenvalue weighted by atomic mass is 15.2. The maximum Gasteiger partial charge on any atom is 0.252 e. The second-order valence-corrected chi connectivity index (χ2v) is 31.3. The van der Waals surface area contributed by atoms with E-state index in [0.717, 1.165) is 173 Å². The molecule has 21 aromatic rings. The first-order valence-electron chi connectivity index (χ1n) is 41.1. The minimum Gasteiger partial charge on any atom is -0.310 e. The second kappa shape index (κ2) is 28.8. The smallest absolute Gasteiger partial charge is 0.252 e. The fourth-order valence-corrected chi connectivity index (χ4v) is 19.4. The van der Waals surface area contributed by atoms with Crippen LogP contribution in [0.2, 0.25) is 0 Å². The molecule has 2 aliphatic rings. The van der Waals surface area contributed by atoms with Crippen LogP contribution in [0.15, 0.2) is 455 Å². The Morgan fingerprint density at radius 1 is 0.168 bits per heavy atom. The molecule has 0 unspecified atom stereocenters. The van der Waals surface area contributed by atoms with Crippen molar-refractivity contribution >= 4 is 101 Å². The largest absolute Gasteiger partial charge is 0.310 e. The van der Waals surface area contributed by atoms with E-state index < -0.39 is 0 Å². The van der Waals surface area contributed by atoms with Crippen LogP contribution in [0.3, 0.4) is 0 Å². The number of rotatable bonds is 14. The maximum atomic E-state index is 2.70. The van der Waals surface area contributed by atoms with Crippen molar-refractivity contribution in [2.45, 2.75) is 0 Å². The van der Waals surface area contributed by atoms with Gasteiger partial charge in [-0.25, -0.2) is 0 Å². The van der Waals surface area contributed by atoms with Crippen LogP contribution < -0.4 is 26.2 Å². The first kappa shape index (κ1) is 69.0. The molecule has 23 rings (SSSR count). The molecule has 2 aliphatic heterocycles. The Labute approximate surface area is 692 Å². The molecule has 0 fully saturated rings. The van der Waals surface area contributed by atoms with E-state index in [0.29, 0.717) is 0 Å². The fourth-order valence-electron chi connectivity index (χ4n) is 19.4. The van der Waals surface area contributed by atoms with Crippen molar-refractivity contribution in [1.82, 2.24) is 9.13 Å². The van der Waals surface area contributed by atoms with E-state index >= 15 is 0 Å². The van der Waals surface area contributed by atoms with E-state index in [2.05, 4.69) is 474 Å². The van der Waals surface area contributed by atoms with Crippen molar-refractivity contribution in [3.8, 4) is 123 Å². The number of anilines is 6. The summed E-state index contributed by atoms with van der Waals surface area (Å²) in [6.07, 6.45) is 0. The van der Waals surface area contributed by atoms with Crippen molar-refractivity contribution in [2.75, 3.05) is 9.80 Å². The van der Waals surface area contributed by atoms with Crippen molar-refractivity contribution in [1.29, 1.82) is 0 Å². The maximum absolute atomic E-state index is 2.70. The lowest BCUT2D eigenvalue weighted by Gasteiger charge is -2.46. The van der Waals surface area contributed by atoms with Crippen molar-refractivity contribution < 1.29 is 0 Å². The fraction of sp³-hybridized carbons (Fsp3) is 0. The number of nitrogens with zero attached hydrogens (tertiary/aromatic N) is 4. The Morgan fingerprint density at radius 2 is 0.445 bits per heavy atom. The van der Waals surface area contributed by atoms with Gasteiger partial charge in [0.05, 0.1) is 33.4 Å². The zero-order valence-electron chi connectivity index (χ0n) is 65.2. The molecule has 4 nitrogen and oxygen atoms in total. The molecule has 554 valence electrons. The molecule has 0 amide bonds.